The van der Waals surface area contributed by atoms with Gasteiger partial charge in [-0.15, -0.1) is 0 Å². The number of imidazole rings is 1. The Morgan fingerprint density at radius 3 is 2.45 bits per heavy atom. The third-order valence-corrected chi connectivity index (χ3v) is 9.45. The van der Waals surface area contributed by atoms with Crippen LogP contribution in [0.4, 0.5) is 5.82 Å². The van der Waals surface area contributed by atoms with E-state index in [9.17, 15) is 4.79 Å². The van der Waals surface area contributed by atoms with E-state index in [1.54, 1.807) is 6.20 Å². The predicted molar refractivity (Wildman–Crippen MR) is 173 cm³/mol. The van der Waals surface area contributed by atoms with Gasteiger partial charge in [-0.25, -0.2) is 15.0 Å². The number of esters is 1. The third kappa shape index (κ3) is 5.57. The van der Waals surface area contributed by atoms with Crippen LogP contribution in [-0.4, -0.2) is 57.1 Å². The van der Waals surface area contributed by atoms with Crippen LogP contribution in [0.15, 0.2) is 85.1 Å². The molecule has 0 amide bonds. The van der Waals surface area contributed by atoms with Gasteiger partial charge < -0.3 is 15.4 Å². The van der Waals surface area contributed by atoms with Crippen LogP contribution < -0.4 is 5.73 Å². The summed E-state index contributed by atoms with van der Waals surface area (Å²) in [6.07, 6.45) is 6.98. The Labute approximate surface area is 257 Å². The molecule has 1 aliphatic heterocycles. The molecule has 0 bridgehead atoms. The van der Waals surface area contributed by atoms with E-state index in [1.807, 2.05) is 42.5 Å². The van der Waals surface area contributed by atoms with E-state index in [-0.39, 0.29) is 11.9 Å². The van der Waals surface area contributed by atoms with Gasteiger partial charge in [0.1, 0.15) is 11.3 Å². The first-order valence-corrected chi connectivity index (χ1v) is 15.6. The van der Waals surface area contributed by atoms with Crippen molar-refractivity contribution >= 4 is 23.0 Å². The minimum Gasteiger partial charge on any atom is -0.469 e. The maximum absolute atomic E-state index is 11.9. The van der Waals surface area contributed by atoms with Crippen LogP contribution in [0.1, 0.15) is 43.6 Å². The first-order chi connectivity index (χ1) is 21.6. The number of fused-ring (bicyclic) bond motifs is 1. The second kappa shape index (κ2) is 12.2. The number of aromatic nitrogens is 4. The molecule has 3 aromatic heterocycles. The van der Waals surface area contributed by atoms with Crippen LogP contribution in [-0.2, 0) is 9.53 Å². The lowest BCUT2D eigenvalue weighted by Crippen LogP contribution is -2.31. The van der Waals surface area contributed by atoms with Gasteiger partial charge in [0, 0.05) is 30.5 Å². The number of benzene rings is 2. The van der Waals surface area contributed by atoms with Crippen molar-refractivity contribution in [3.05, 3.63) is 90.6 Å². The molecule has 2 N–H and O–H groups in total. The molecule has 2 aromatic carbocycles. The fourth-order valence-electron chi connectivity index (χ4n) is 7.04. The second-order valence-electron chi connectivity index (χ2n) is 12.2. The van der Waals surface area contributed by atoms with Gasteiger partial charge in [-0.1, -0.05) is 42.5 Å². The normalized spacial score (nSPS) is 20.6. The molecule has 0 unspecified atom stereocenters. The topological polar surface area (TPSA) is 99.2 Å². The van der Waals surface area contributed by atoms with Crippen LogP contribution in [0.5, 0.6) is 0 Å². The van der Waals surface area contributed by atoms with E-state index in [0.717, 1.165) is 91.2 Å². The van der Waals surface area contributed by atoms with Crippen LogP contribution in [0.25, 0.3) is 39.5 Å². The quantitative estimate of drug-likeness (QED) is 0.217. The molecule has 44 heavy (non-hydrogen) atoms. The molecule has 8 heteroatoms. The number of nitrogens with zero attached hydrogens (tertiary/aromatic N) is 5. The number of anilines is 1. The zero-order valence-electron chi connectivity index (χ0n) is 25.1. The van der Waals surface area contributed by atoms with Crippen LogP contribution in [0, 0.1) is 11.8 Å². The second-order valence-corrected chi connectivity index (χ2v) is 12.2. The average Bonchev–Trinajstić information content (AvgIpc) is 3.70. The molecule has 1 aliphatic carbocycles. The monoisotopic (exact) mass is 586 g/mol. The number of nitrogens with two attached hydrogens (primary N) is 1. The fourth-order valence-corrected chi connectivity index (χ4v) is 7.04. The van der Waals surface area contributed by atoms with Gasteiger partial charge in [-0.2, -0.15) is 0 Å². The largest absolute Gasteiger partial charge is 0.469 e. The first kappa shape index (κ1) is 28.2. The molecule has 2 fully saturated rings. The van der Waals surface area contributed by atoms with Crippen LogP contribution in [0.3, 0.4) is 0 Å². The number of ether oxygens (including phenoxy) is 1. The van der Waals surface area contributed by atoms with Crippen molar-refractivity contribution in [1.29, 1.82) is 0 Å². The lowest BCUT2D eigenvalue weighted by Gasteiger charge is -2.30. The molecular formula is C36H38N6O2. The number of likely N-dealkylation sites (tertiary alicyclic amines) is 1. The maximum Gasteiger partial charge on any atom is 0.308 e. The molecule has 1 atom stereocenters. The number of carbonyl (C=O) groups excluding carboxylic acids is 1. The summed E-state index contributed by atoms with van der Waals surface area (Å²) in [5.74, 6) is 2.38. The van der Waals surface area contributed by atoms with Crippen LogP contribution >= 0.6 is 0 Å². The SMILES string of the molecule is COC(=O)C1CCC(CN2CC[C@H](c3ccc(-n4c(-c5cccnc5N)nc5ccc(-c6ccccc6)nc54)cc3)C2)CC1. The highest BCUT2D eigenvalue weighted by atomic mass is 16.5. The highest BCUT2D eigenvalue weighted by Gasteiger charge is 2.30. The number of hydrogen-bond donors (Lipinski definition) is 1. The van der Waals surface area contributed by atoms with E-state index in [2.05, 4.69) is 50.8 Å². The van der Waals surface area contributed by atoms with Gasteiger partial charge in [-0.05, 0) is 92.4 Å². The lowest BCUT2D eigenvalue weighted by molar-refractivity contribution is -0.146. The van der Waals surface area contributed by atoms with Gasteiger partial charge in [0.25, 0.3) is 0 Å². The number of carbonyl (C=O) groups is 1. The van der Waals surface area contributed by atoms with Crippen molar-refractivity contribution in [1.82, 2.24) is 24.4 Å². The summed E-state index contributed by atoms with van der Waals surface area (Å²) >= 11 is 0. The molecule has 224 valence electrons. The molecule has 5 aromatic rings. The molecule has 7 rings (SSSR count). The molecule has 2 aliphatic rings. The highest BCUT2D eigenvalue weighted by molar-refractivity contribution is 5.84. The summed E-state index contributed by atoms with van der Waals surface area (Å²) in [7, 11) is 1.50. The number of nitrogen functional groups attached to an aromatic ring is 1. The molecule has 0 radical (unpaired) electrons. The zero-order valence-corrected chi connectivity index (χ0v) is 25.1. The average molecular weight is 587 g/mol. The van der Waals surface area contributed by atoms with Gasteiger partial charge in [0.05, 0.1) is 24.3 Å². The van der Waals surface area contributed by atoms with Crippen molar-refractivity contribution in [2.45, 2.75) is 38.0 Å². The minimum atomic E-state index is -0.0414. The summed E-state index contributed by atoms with van der Waals surface area (Å²) in [5.41, 5.74) is 13.0. The molecule has 1 saturated carbocycles. The predicted octanol–water partition coefficient (Wildman–Crippen LogP) is 6.50. The molecule has 4 heterocycles. The number of pyridine rings is 2. The Morgan fingerprint density at radius 2 is 1.70 bits per heavy atom. The highest BCUT2D eigenvalue weighted by Crippen LogP contribution is 2.35. The maximum atomic E-state index is 11.9. The Kier molecular flexibility index (Phi) is 7.83. The number of rotatable bonds is 7. The Balaban J connectivity index is 1.13. The minimum absolute atomic E-state index is 0.0414. The van der Waals surface area contributed by atoms with E-state index in [4.69, 9.17) is 20.4 Å². The smallest absolute Gasteiger partial charge is 0.308 e. The first-order valence-electron chi connectivity index (χ1n) is 15.6. The molecule has 1 saturated heterocycles. The van der Waals surface area contributed by atoms with Crippen molar-refractivity contribution in [2.75, 3.05) is 32.5 Å². The van der Waals surface area contributed by atoms with Crippen LogP contribution in [0.2, 0.25) is 0 Å². The van der Waals surface area contributed by atoms with Crippen molar-refractivity contribution in [2.24, 2.45) is 11.8 Å². The van der Waals surface area contributed by atoms with Crippen molar-refractivity contribution in [3.8, 4) is 28.3 Å². The van der Waals surface area contributed by atoms with Gasteiger partial charge in [0.15, 0.2) is 11.5 Å². The summed E-state index contributed by atoms with van der Waals surface area (Å²) in [6, 6.07) is 27.0. The van der Waals surface area contributed by atoms with E-state index >= 15 is 0 Å². The Morgan fingerprint density at radius 1 is 0.909 bits per heavy atom. The number of hydrogen-bond acceptors (Lipinski definition) is 7. The zero-order chi connectivity index (χ0) is 30.0. The Hall–Kier alpha value is -4.56. The van der Waals surface area contributed by atoms with E-state index < -0.39 is 0 Å². The number of methoxy groups -OCH3 is 1. The summed E-state index contributed by atoms with van der Waals surface area (Å²) < 4.78 is 7.07. The molecule has 8 nitrogen and oxygen atoms in total. The third-order valence-electron chi connectivity index (χ3n) is 9.45. The van der Waals surface area contributed by atoms with E-state index in [0.29, 0.717) is 17.7 Å². The summed E-state index contributed by atoms with van der Waals surface area (Å²) in [6.45, 7) is 3.31. The standard InChI is InChI=1S/C36H38N6O2/c1-44-36(43)27-11-9-24(10-12-27)22-41-21-19-28(23-41)25-13-15-29(16-14-25)42-34(30-8-5-20-38-33(30)37)40-32-18-17-31(39-35(32)42)26-6-3-2-4-7-26/h2-8,13-18,20,24,27-28H,9-12,19,21-23H2,1H3,(H2,37,38)/t24?,27?,28-/m0/s1. The van der Waals surface area contributed by atoms with Gasteiger partial charge in [0.2, 0.25) is 0 Å². The molecular weight excluding hydrogens is 548 g/mol. The lowest BCUT2D eigenvalue weighted by atomic mass is 9.82. The van der Waals surface area contributed by atoms with Gasteiger partial charge in [-0.3, -0.25) is 9.36 Å². The van der Waals surface area contributed by atoms with Crippen molar-refractivity contribution in [3.63, 3.8) is 0 Å². The van der Waals surface area contributed by atoms with Crippen molar-refractivity contribution < 1.29 is 9.53 Å². The summed E-state index contributed by atoms with van der Waals surface area (Å²) in [4.78, 5) is 28.9. The van der Waals surface area contributed by atoms with E-state index in [1.165, 1.54) is 12.7 Å². The van der Waals surface area contributed by atoms with Gasteiger partial charge >= 0.3 is 5.97 Å². The fraction of sp³-hybridized carbons (Fsp3) is 0.333. The Bertz CT molecular complexity index is 1760. The summed E-state index contributed by atoms with van der Waals surface area (Å²) in [5, 5.41) is 0. The molecule has 0 spiro atoms.